The number of aromatic nitrogens is 1. The summed E-state index contributed by atoms with van der Waals surface area (Å²) in [7, 11) is 1.43. The van der Waals surface area contributed by atoms with E-state index in [4.69, 9.17) is 4.74 Å². The maximum absolute atomic E-state index is 11.4. The van der Waals surface area contributed by atoms with Gasteiger partial charge in [0.05, 0.1) is 13.0 Å². The predicted molar refractivity (Wildman–Crippen MR) is 63.1 cm³/mol. The standard InChI is InChI=1S/C13H19NO2/c1-4-10-6-7-12(14-9-10)8-11(5-2)13(15)16-3/h6-7,9,11H,4-5,8H2,1-3H3. The van der Waals surface area contributed by atoms with Crippen molar-refractivity contribution in [2.75, 3.05) is 7.11 Å². The second-order valence-corrected chi connectivity index (χ2v) is 3.84. The smallest absolute Gasteiger partial charge is 0.309 e. The maximum Gasteiger partial charge on any atom is 0.309 e. The first kappa shape index (κ1) is 12.7. The summed E-state index contributed by atoms with van der Waals surface area (Å²) in [6, 6.07) is 4.05. The van der Waals surface area contributed by atoms with E-state index in [1.165, 1.54) is 12.7 Å². The third-order valence-electron chi connectivity index (χ3n) is 2.78. The van der Waals surface area contributed by atoms with Gasteiger partial charge in [-0.3, -0.25) is 9.78 Å². The van der Waals surface area contributed by atoms with Crippen LogP contribution < -0.4 is 0 Å². The molecule has 3 nitrogen and oxygen atoms in total. The first-order valence-corrected chi connectivity index (χ1v) is 5.72. The number of esters is 1. The van der Waals surface area contributed by atoms with Gasteiger partial charge in [-0.05, 0) is 24.5 Å². The summed E-state index contributed by atoms with van der Waals surface area (Å²) in [5.74, 6) is -0.228. The molecule has 16 heavy (non-hydrogen) atoms. The van der Waals surface area contributed by atoms with E-state index in [9.17, 15) is 4.79 Å². The second kappa shape index (κ2) is 6.26. The highest BCUT2D eigenvalue weighted by Gasteiger charge is 2.17. The first-order valence-electron chi connectivity index (χ1n) is 5.72. The normalized spacial score (nSPS) is 12.2. The summed E-state index contributed by atoms with van der Waals surface area (Å²) in [4.78, 5) is 15.8. The van der Waals surface area contributed by atoms with Crippen LogP contribution in [-0.4, -0.2) is 18.1 Å². The fourth-order valence-electron chi connectivity index (χ4n) is 1.60. The van der Waals surface area contributed by atoms with Crippen LogP contribution in [0.4, 0.5) is 0 Å². The molecule has 1 aromatic rings. The van der Waals surface area contributed by atoms with Gasteiger partial charge in [-0.2, -0.15) is 0 Å². The molecule has 1 heterocycles. The monoisotopic (exact) mass is 221 g/mol. The average Bonchev–Trinajstić information content (AvgIpc) is 2.35. The SMILES string of the molecule is CCc1ccc(CC(CC)C(=O)OC)nc1. The Hall–Kier alpha value is -1.38. The van der Waals surface area contributed by atoms with Crippen molar-refractivity contribution in [2.24, 2.45) is 5.92 Å². The first-order chi connectivity index (χ1) is 7.71. The van der Waals surface area contributed by atoms with E-state index in [1.54, 1.807) is 0 Å². The molecule has 0 saturated heterocycles. The zero-order chi connectivity index (χ0) is 12.0. The molecule has 0 aliphatic rings. The van der Waals surface area contributed by atoms with Gasteiger partial charge in [-0.1, -0.05) is 19.9 Å². The zero-order valence-electron chi connectivity index (χ0n) is 10.2. The molecule has 1 unspecified atom stereocenters. The number of carbonyl (C=O) groups excluding carboxylic acids is 1. The molecular formula is C13H19NO2. The Morgan fingerprint density at radius 1 is 1.44 bits per heavy atom. The van der Waals surface area contributed by atoms with Gasteiger partial charge in [0.25, 0.3) is 0 Å². The Bertz CT molecular complexity index is 332. The van der Waals surface area contributed by atoms with Gasteiger partial charge < -0.3 is 4.74 Å². The molecule has 0 spiro atoms. The van der Waals surface area contributed by atoms with Crippen LogP contribution in [-0.2, 0) is 22.4 Å². The third kappa shape index (κ3) is 3.33. The van der Waals surface area contributed by atoms with Gasteiger partial charge in [-0.15, -0.1) is 0 Å². The second-order valence-electron chi connectivity index (χ2n) is 3.84. The molecule has 0 aliphatic carbocycles. The Kier molecular flexibility index (Phi) is 4.96. The number of nitrogens with zero attached hydrogens (tertiary/aromatic N) is 1. The molecule has 1 atom stereocenters. The number of carbonyl (C=O) groups is 1. The minimum atomic E-state index is -0.149. The van der Waals surface area contributed by atoms with Gasteiger partial charge in [0.2, 0.25) is 0 Å². The van der Waals surface area contributed by atoms with Gasteiger partial charge in [-0.25, -0.2) is 0 Å². The molecule has 88 valence electrons. The van der Waals surface area contributed by atoms with Crippen molar-refractivity contribution in [3.05, 3.63) is 29.6 Å². The quantitative estimate of drug-likeness (QED) is 0.717. The summed E-state index contributed by atoms with van der Waals surface area (Å²) in [6.07, 6.45) is 4.30. The fourth-order valence-corrected chi connectivity index (χ4v) is 1.60. The minimum absolute atomic E-state index is 0.0787. The van der Waals surface area contributed by atoms with E-state index in [0.717, 1.165) is 18.5 Å². The molecule has 0 saturated carbocycles. The Morgan fingerprint density at radius 2 is 2.19 bits per heavy atom. The van der Waals surface area contributed by atoms with Gasteiger partial charge in [0.15, 0.2) is 0 Å². The van der Waals surface area contributed by atoms with Crippen molar-refractivity contribution in [3.8, 4) is 0 Å². The van der Waals surface area contributed by atoms with E-state index in [0.29, 0.717) is 6.42 Å². The van der Waals surface area contributed by atoms with Crippen LogP contribution in [0.5, 0.6) is 0 Å². The molecule has 0 aromatic carbocycles. The highest BCUT2D eigenvalue weighted by molar-refractivity contribution is 5.72. The van der Waals surface area contributed by atoms with Crippen LogP contribution in [0.1, 0.15) is 31.5 Å². The maximum atomic E-state index is 11.4. The Labute approximate surface area is 96.8 Å². The molecule has 0 N–H and O–H groups in total. The lowest BCUT2D eigenvalue weighted by atomic mass is 10.00. The van der Waals surface area contributed by atoms with Crippen LogP contribution in [0.3, 0.4) is 0 Å². The number of ether oxygens (including phenoxy) is 1. The van der Waals surface area contributed by atoms with Crippen LogP contribution in [0, 0.1) is 5.92 Å². The van der Waals surface area contributed by atoms with Gasteiger partial charge in [0, 0.05) is 18.3 Å². The number of hydrogen-bond acceptors (Lipinski definition) is 3. The molecular weight excluding hydrogens is 202 g/mol. The van der Waals surface area contributed by atoms with Crippen molar-refractivity contribution in [2.45, 2.75) is 33.1 Å². The summed E-state index contributed by atoms with van der Waals surface area (Å²) >= 11 is 0. The molecule has 1 aromatic heterocycles. The largest absolute Gasteiger partial charge is 0.469 e. The van der Waals surface area contributed by atoms with Crippen molar-refractivity contribution in [3.63, 3.8) is 0 Å². The van der Waals surface area contributed by atoms with E-state index in [1.807, 2.05) is 19.2 Å². The van der Waals surface area contributed by atoms with Gasteiger partial charge in [0.1, 0.15) is 0 Å². The molecule has 1 rings (SSSR count). The number of methoxy groups -OCH3 is 1. The van der Waals surface area contributed by atoms with Crippen molar-refractivity contribution in [1.29, 1.82) is 0 Å². The molecule has 0 fully saturated rings. The van der Waals surface area contributed by atoms with E-state index < -0.39 is 0 Å². The highest BCUT2D eigenvalue weighted by Crippen LogP contribution is 2.12. The van der Waals surface area contributed by atoms with E-state index >= 15 is 0 Å². The van der Waals surface area contributed by atoms with Gasteiger partial charge >= 0.3 is 5.97 Å². The van der Waals surface area contributed by atoms with Crippen LogP contribution >= 0.6 is 0 Å². The molecule has 3 heteroatoms. The third-order valence-corrected chi connectivity index (χ3v) is 2.78. The molecule has 0 radical (unpaired) electrons. The Balaban J connectivity index is 2.66. The number of pyridine rings is 1. The predicted octanol–water partition coefficient (Wildman–Crippen LogP) is 2.39. The van der Waals surface area contributed by atoms with Crippen LogP contribution in [0.15, 0.2) is 18.3 Å². The fraction of sp³-hybridized carbons (Fsp3) is 0.538. The minimum Gasteiger partial charge on any atom is -0.469 e. The molecule has 0 bridgehead atoms. The lowest BCUT2D eigenvalue weighted by Crippen LogP contribution is -2.18. The summed E-state index contributed by atoms with van der Waals surface area (Å²) in [5, 5.41) is 0. The molecule has 0 aliphatic heterocycles. The summed E-state index contributed by atoms with van der Waals surface area (Å²) in [6.45, 7) is 4.09. The van der Waals surface area contributed by atoms with E-state index in [2.05, 4.69) is 18.0 Å². The van der Waals surface area contributed by atoms with Crippen LogP contribution in [0.25, 0.3) is 0 Å². The zero-order valence-corrected chi connectivity index (χ0v) is 10.2. The Morgan fingerprint density at radius 3 is 2.62 bits per heavy atom. The topological polar surface area (TPSA) is 39.2 Å². The van der Waals surface area contributed by atoms with E-state index in [-0.39, 0.29) is 11.9 Å². The number of hydrogen-bond donors (Lipinski definition) is 0. The summed E-state index contributed by atoms with van der Waals surface area (Å²) in [5.41, 5.74) is 2.17. The van der Waals surface area contributed by atoms with Crippen LogP contribution in [0.2, 0.25) is 0 Å². The van der Waals surface area contributed by atoms with Crippen molar-refractivity contribution < 1.29 is 9.53 Å². The summed E-state index contributed by atoms with van der Waals surface area (Å²) < 4.78 is 4.75. The number of aryl methyl sites for hydroxylation is 1. The van der Waals surface area contributed by atoms with Crippen molar-refractivity contribution in [1.82, 2.24) is 4.98 Å². The lowest BCUT2D eigenvalue weighted by molar-refractivity contribution is -0.145. The number of rotatable bonds is 5. The highest BCUT2D eigenvalue weighted by atomic mass is 16.5. The average molecular weight is 221 g/mol. The van der Waals surface area contributed by atoms with Crippen molar-refractivity contribution >= 4 is 5.97 Å². The molecule has 0 amide bonds. The lowest BCUT2D eigenvalue weighted by Gasteiger charge is -2.11.